The Labute approximate surface area is 158 Å². The summed E-state index contributed by atoms with van der Waals surface area (Å²) in [6.45, 7) is -0.586. The van der Waals surface area contributed by atoms with Gasteiger partial charge < -0.3 is 4.74 Å². The zero-order valence-electron chi connectivity index (χ0n) is 14.0. The Kier molecular flexibility index (Phi) is 7.75. The Morgan fingerprint density at radius 2 is 1.67 bits per heavy atom. The number of carbonyl (C=O) groups is 3. The van der Waals surface area contributed by atoms with E-state index in [1.807, 2.05) is 10.9 Å². The number of carbonyl (C=O) groups excluding carboxylic acids is 3. The largest absolute Gasteiger partial charge is 0.455 e. The SMILES string of the molecule is O=C(COC(=O)CCSc1ccc(F)cc1)NNC(=O)c1ccccc1F. The average Bonchev–Trinajstić information content (AvgIpc) is 2.66. The Morgan fingerprint density at radius 1 is 0.963 bits per heavy atom. The second-order valence-electron chi connectivity index (χ2n) is 5.20. The zero-order chi connectivity index (χ0) is 19.6. The summed E-state index contributed by atoms with van der Waals surface area (Å²) in [6.07, 6.45) is 0.0525. The van der Waals surface area contributed by atoms with Gasteiger partial charge in [-0.05, 0) is 36.4 Å². The third-order valence-electron chi connectivity index (χ3n) is 3.19. The van der Waals surface area contributed by atoms with E-state index >= 15 is 0 Å². The molecule has 6 nitrogen and oxygen atoms in total. The van der Waals surface area contributed by atoms with Crippen LogP contribution in [0.4, 0.5) is 8.78 Å². The topological polar surface area (TPSA) is 84.5 Å². The lowest BCUT2D eigenvalue weighted by molar-refractivity contribution is -0.148. The van der Waals surface area contributed by atoms with E-state index in [9.17, 15) is 23.2 Å². The number of rotatable bonds is 7. The van der Waals surface area contributed by atoms with E-state index < -0.39 is 30.2 Å². The van der Waals surface area contributed by atoms with Gasteiger partial charge in [-0.1, -0.05) is 12.1 Å². The predicted molar refractivity (Wildman–Crippen MR) is 94.7 cm³/mol. The quantitative estimate of drug-likeness (QED) is 0.428. The molecule has 2 aromatic carbocycles. The smallest absolute Gasteiger partial charge is 0.307 e. The molecule has 0 fully saturated rings. The van der Waals surface area contributed by atoms with Crippen molar-refractivity contribution in [3.05, 3.63) is 65.7 Å². The van der Waals surface area contributed by atoms with Gasteiger partial charge in [-0.25, -0.2) is 8.78 Å². The van der Waals surface area contributed by atoms with Gasteiger partial charge in [-0.2, -0.15) is 0 Å². The summed E-state index contributed by atoms with van der Waals surface area (Å²) in [4.78, 5) is 35.7. The highest BCUT2D eigenvalue weighted by atomic mass is 32.2. The van der Waals surface area contributed by atoms with E-state index in [2.05, 4.69) is 0 Å². The van der Waals surface area contributed by atoms with Crippen molar-refractivity contribution >= 4 is 29.5 Å². The van der Waals surface area contributed by atoms with Crippen molar-refractivity contribution in [3.8, 4) is 0 Å². The molecule has 0 atom stereocenters. The molecule has 0 aliphatic carbocycles. The molecule has 0 spiro atoms. The minimum Gasteiger partial charge on any atom is -0.455 e. The Morgan fingerprint density at radius 3 is 2.37 bits per heavy atom. The van der Waals surface area contributed by atoms with Crippen LogP contribution in [0.1, 0.15) is 16.8 Å². The molecule has 27 heavy (non-hydrogen) atoms. The van der Waals surface area contributed by atoms with Crippen LogP contribution < -0.4 is 10.9 Å². The van der Waals surface area contributed by atoms with Crippen molar-refractivity contribution in [1.82, 2.24) is 10.9 Å². The van der Waals surface area contributed by atoms with Crippen LogP contribution in [0.15, 0.2) is 53.4 Å². The molecule has 2 rings (SSSR count). The Balaban J connectivity index is 1.63. The minimum absolute atomic E-state index is 0.0525. The van der Waals surface area contributed by atoms with Gasteiger partial charge in [-0.15, -0.1) is 11.8 Å². The standard InChI is InChI=1S/C18H16F2N2O4S/c19-12-5-7-13(8-6-12)27-10-9-17(24)26-11-16(23)21-22-18(25)14-3-1-2-4-15(14)20/h1-8H,9-11H2,(H,21,23)(H,22,25). The third-order valence-corrected chi connectivity index (χ3v) is 4.20. The average molecular weight is 394 g/mol. The summed E-state index contributed by atoms with van der Waals surface area (Å²) in [5.74, 6) is -2.86. The fourth-order valence-electron chi connectivity index (χ4n) is 1.88. The number of esters is 1. The van der Waals surface area contributed by atoms with Gasteiger partial charge in [0.05, 0.1) is 12.0 Å². The summed E-state index contributed by atoms with van der Waals surface area (Å²) < 4.78 is 31.0. The van der Waals surface area contributed by atoms with Gasteiger partial charge in [0.1, 0.15) is 11.6 Å². The lowest BCUT2D eigenvalue weighted by atomic mass is 10.2. The highest BCUT2D eigenvalue weighted by Crippen LogP contribution is 2.18. The molecule has 2 amide bonds. The normalized spacial score (nSPS) is 10.1. The maximum absolute atomic E-state index is 13.4. The number of hydrazine groups is 1. The molecule has 0 aliphatic heterocycles. The van der Waals surface area contributed by atoms with E-state index in [4.69, 9.17) is 4.74 Å². The highest BCUT2D eigenvalue weighted by Gasteiger charge is 2.12. The first-order chi connectivity index (χ1) is 13.0. The van der Waals surface area contributed by atoms with Crippen LogP contribution in [-0.4, -0.2) is 30.1 Å². The van der Waals surface area contributed by atoms with Crippen LogP contribution in [0.3, 0.4) is 0 Å². The number of thioether (sulfide) groups is 1. The van der Waals surface area contributed by atoms with E-state index in [1.54, 1.807) is 12.1 Å². The van der Waals surface area contributed by atoms with Crippen molar-refractivity contribution in [2.24, 2.45) is 0 Å². The third kappa shape index (κ3) is 7.06. The zero-order valence-corrected chi connectivity index (χ0v) is 14.9. The monoisotopic (exact) mass is 394 g/mol. The molecule has 0 aromatic heterocycles. The molecule has 9 heteroatoms. The predicted octanol–water partition coefficient (Wildman–Crippen LogP) is 2.45. The Hall–Kier alpha value is -2.94. The van der Waals surface area contributed by atoms with Crippen LogP contribution >= 0.6 is 11.8 Å². The first-order valence-electron chi connectivity index (χ1n) is 7.83. The first kappa shape index (κ1) is 20.4. The molecule has 142 valence electrons. The van der Waals surface area contributed by atoms with Gasteiger partial charge in [0.25, 0.3) is 11.8 Å². The van der Waals surface area contributed by atoms with Crippen LogP contribution in [0.25, 0.3) is 0 Å². The summed E-state index contributed by atoms with van der Waals surface area (Å²) in [6, 6.07) is 11.1. The second-order valence-corrected chi connectivity index (χ2v) is 6.36. The number of benzene rings is 2. The maximum atomic E-state index is 13.4. The van der Waals surface area contributed by atoms with Crippen molar-refractivity contribution in [3.63, 3.8) is 0 Å². The molecule has 0 saturated heterocycles. The number of ether oxygens (including phenoxy) is 1. The molecule has 0 radical (unpaired) electrons. The van der Waals surface area contributed by atoms with Crippen LogP contribution in [-0.2, 0) is 14.3 Å². The lowest BCUT2D eigenvalue weighted by Gasteiger charge is -2.08. The summed E-state index contributed by atoms with van der Waals surface area (Å²) in [5.41, 5.74) is 3.83. The number of halogens is 2. The van der Waals surface area contributed by atoms with Crippen LogP contribution in [0.5, 0.6) is 0 Å². The minimum atomic E-state index is -0.830. The molecule has 0 aliphatic rings. The fourth-order valence-corrected chi connectivity index (χ4v) is 2.71. The fraction of sp³-hybridized carbons (Fsp3) is 0.167. The van der Waals surface area contributed by atoms with E-state index in [0.717, 1.165) is 11.0 Å². The van der Waals surface area contributed by atoms with Crippen molar-refractivity contribution in [2.45, 2.75) is 11.3 Å². The van der Waals surface area contributed by atoms with E-state index in [0.29, 0.717) is 5.75 Å². The van der Waals surface area contributed by atoms with Gasteiger partial charge in [0.15, 0.2) is 6.61 Å². The van der Waals surface area contributed by atoms with Gasteiger partial charge in [0.2, 0.25) is 0 Å². The van der Waals surface area contributed by atoms with Crippen molar-refractivity contribution in [2.75, 3.05) is 12.4 Å². The number of amides is 2. The molecule has 0 saturated carbocycles. The second kappa shape index (κ2) is 10.3. The van der Waals surface area contributed by atoms with Crippen LogP contribution in [0.2, 0.25) is 0 Å². The molecule has 0 heterocycles. The Bertz CT molecular complexity index is 815. The number of hydrogen-bond acceptors (Lipinski definition) is 5. The molecular formula is C18H16F2N2O4S. The van der Waals surface area contributed by atoms with Crippen molar-refractivity contribution < 1.29 is 27.9 Å². The van der Waals surface area contributed by atoms with E-state index in [1.165, 1.54) is 42.1 Å². The van der Waals surface area contributed by atoms with E-state index in [-0.39, 0.29) is 17.8 Å². The summed E-state index contributed by atoms with van der Waals surface area (Å²) in [5, 5.41) is 0. The van der Waals surface area contributed by atoms with Gasteiger partial charge >= 0.3 is 5.97 Å². The van der Waals surface area contributed by atoms with Crippen LogP contribution in [0, 0.1) is 11.6 Å². The highest BCUT2D eigenvalue weighted by molar-refractivity contribution is 7.99. The summed E-state index contributed by atoms with van der Waals surface area (Å²) >= 11 is 1.34. The first-order valence-corrected chi connectivity index (χ1v) is 8.82. The summed E-state index contributed by atoms with van der Waals surface area (Å²) in [7, 11) is 0. The molecular weight excluding hydrogens is 378 g/mol. The molecule has 0 bridgehead atoms. The molecule has 2 N–H and O–H groups in total. The van der Waals surface area contributed by atoms with Gasteiger partial charge in [0, 0.05) is 10.6 Å². The molecule has 0 unspecified atom stereocenters. The van der Waals surface area contributed by atoms with Crippen molar-refractivity contribution in [1.29, 1.82) is 0 Å². The number of hydrogen-bond donors (Lipinski definition) is 2. The lowest BCUT2D eigenvalue weighted by Crippen LogP contribution is -2.43. The molecule has 2 aromatic rings. The van der Waals surface area contributed by atoms with Gasteiger partial charge in [-0.3, -0.25) is 25.2 Å². The number of nitrogens with one attached hydrogen (secondary N) is 2. The maximum Gasteiger partial charge on any atom is 0.307 e.